The Labute approximate surface area is 120 Å². The van der Waals surface area contributed by atoms with Crippen LogP contribution in [0.2, 0.25) is 0 Å². The fourth-order valence-corrected chi connectivity index (χ4v) is 2.80. The van der Waals surface area contributed by atoms with Crippen LogP contribution in [-0.4, -0.2) is 36.0 Å². The normalized spacial score (nSPS) is 19.2. The van der Waals surface area contributed by atoms with Crippen molar-refractivity contribution in [1.29, 1.82) is 0 Å². The number of hydrogen-bond donors (Lipinski definition) is 1. The molecule has 1 saturated heterocycles. The minimum absolute atomic E-state index is 0.174. The first-order chi connectivity index (χ1) is 9.60. The first kappa shape index (κ1) is 14.8. The van der Waals surface area contributed by atoms with Crippen LogP contribution in [0.5, 0.6) is 0 Å². The Morgan fingerprint density at radius 3 is 3.00 bits per heavy atom. The van der Waals surface area contributed by atoms with Crippen molar-refractivity contribution >= 4 is 11.4 Å². The maximum absolute atomic E-state index is 11.1. The van der Waals surface area contributed by atoms with Crippen molar-refractivity contribution in [3.63, 3.8) is 0 Å². The zero-order chi connectivity index (χ0) is 14.5. The summed E-state index contributed by atoms with van der Waals surface area (Å²) in [7, 11) is 0. The monoisotopic (exact) mass is 277 g/mol. The molecule has 0 aromatic heterocycles. The van der Waals surface area contributed by atoms with E-state index in [4.69, 9.17) is 0 Å². The summed E-state index contributed by atoms with van der Waals surface area (Å²) in [5.74, 6) is 0.586. The minimum atomic E-state index is -0.312. The van der Waals surface area contributed by atoms with Crippen LogP contribution >= 0.6 is 0 Å². The summed E-state index contributed by atoms with van der Waals surface area (Å²) in [5.41, 5.74) is 1.72. The van der Waals surface area contributed by atoms with Crippen molar-refractivity contribution in [3.8, 4) is 0 Å². The van der Waals surface area contributed by atoms with Crippen LogP contribution in [0.25, 0.3) is 0 Å². The summed E-state index contributed by atoms with van der Waals surface area (Å²) in [4.78, 5) is 13.2. The zero-order valence-electron chi connectivity index (χ0n) is 12.3. The number of nitro benzene ring substituents is 1. The van der Waals surface area contributed by atoms with Gasteiger partial charge in [-0.2, -0.15) is 0 Å². The molecule has 0 amide bonds. The Morgan fingerprint density at radius 1 is 1.50 bits per heavy atom. The number of anilines is 1. The van der Waals surface area contributed by atoms with Crippen LogP contribution in [-0.2, 0) is 0 Å². The lowest BCUT2D eigenvalue weighted by Crippen LogP contribution is -2.23. The van der Waals surface area contributed by atoms with Crippen LogP contribution in [0.3, 0.4) is 0 Å². The van der Waals surface area contributed by atoms with Gasteiger partial charge in [0.1, 0.15) is 5.69 Å². The van der Waals surface area contributed by atoms with E-state index in [1.807, 2.05) is 19.1 Å². The van der Waals surface area contributed by atoms with Gasteiger partial charge in [-0.05, 0) is 50.4 Å². The number of benzene rings is 1. The van der Waals surface area contributed by atoms with E-state index in [1.54, 1.807) is 6.07 Å². The lowest BCUT2D eigenvalue weighted by molar-refractivity contribution is -0.384. The van der Waals surface area contributed by atoms with Gasteiger partial charge in [-0.3, -0.25) is 10.1 Å². The Bertz CT molecular complexity index is 476. The molecular formula is C15H23N3O2. The molecule has 20 heavy (non-hydrogen) atoms. The number of hydrogen-bond acceptors (Lipinski definition) is 4. The number of rotatable bonds is 6. The average molecular weight is 277 g/mol. The number of nitrogens with one attached hydrogen (secondary N) is 1. The van der Waals surface area contributed by atoms with Gasteiger partial charge in [0.2, 0.25) is 0 Å². The molecule has 1 atom stereocenters. The molecule has 110 valence electrons. The summed E-state index contributed by atoms with van der Waals surface area (Å²) in [6.45, 7) is 8.28. The first-order valence-corrected chi connectivity index (χ1v) is 7.31. The number of likely N-dealkylation sites (tertiary alicyclic amines) is 1. The molecule has 0 bridgehead atoms. The van der Waals surface area contributed by atoms with Crippen LogP contribution < -0.4 is 5.32 Å². The van der Waals surface area contributed by atoms with Crippen molar-refractivity contribution in [2.24, 2.45) is 5.92 Å². The second-order valence-electron chi connectivity index (χ2n) is 5.61. The molecule has 1 aromatic carbocycles. The maximum Gasteiger partial charge on any atom is 0.292 e. The smallest absolute Gasteiger partial charge is 0.292 e. The predicted molar refractivity (Wildman–Crippen MR) is 81.2 cm³/mol. The highest BCUT2D eigenvalue weighted by Gasteiger charge is 2.22. The van der Waals surface area contributed by atoms with Crippen molar-refractivity contribution in [2.45, 2.75) is 26.7 Å². The van der Waals surface area contributed by atoms with Crippen molar-refractivity contribution in [3.05, 3.63) is 33.9 Å². The third kappa shape index (κ3) is 3.70. The van der Waals surface area contributed by atoms with Crippen molar-refractivity contribution in [2.75, 3.05) is 31.5 Å². The van der Waals surface area contributed by atoms with Gasteiger partial charge in [0, 0.05) is 19.2 Å². The standard InChI is InChI=1S/C15H23N3O2/c1-3-7-17-8-6-13(11-17)10-16-14-5-4-12(2)9-15(14)18(19)20/h4-5,9,13,16H,3,6-8,10-11H2,1-2H3. The topological polar surface area (TPSA) is 58.4 Å². The van der Waals surface area contributed by atoms with E-state index >= 15 is 0 Å². The molecule has 5 heteroatoms. The molecule has 1 N–H and O–H groups in total. The SMILES string of the molecule is CCCN1CCC(CNc2ccc(C)cc2[N+](=O)[O-])C1. The van der Waals surface area contributed by atoms with E-state index < -0.39 is 0 Å². The van der Waals surface area contributed by atoms with Gasteiger partial charge in [0.05, 0.1) is 4.92 Å². The molecule has 5 nitrogen and oxygen atoms in total. The van der Waals surface area contributed by atoms with Gasteiger partial charge >= 0.3 is 0 Å². The highest BCUT2D eigenvalue weighted by Crippen LogP contribution is 2.26. The van der Waals surface area contributed by atoms with E-state index in [0.717, 1.165) is 31.7 Å². The molecule has 1 heterocycles. The molecule has 2 rings (SSSR count). The van der Waals surface area contributed by atoms with Gasteiger partial charge in [-0.1, -0.05) is 13.0 Å². The Balaban J connectivity index is 1.93. The van der Waals surface area contributed by atoms with E-state index in [2.05, 4.69) is 17.1 Å². The Morgan fingerprint density at radius 2 is 2.30 bits per heavy atom. The van der Waals surface area contributed by atoms with Crippen LogP contribution in [0.15, 0.2) is 18.2 Å². The zero-order valence-corrected chi connectivity index (χ0v) is 12.3. The molecule has 1 fully saturated rings. The summed E-state index contributed by atoms with van der Waals surface area (Å²) in [6, 6.07) is 5.35. The third-order valence-electron chi connectivity index (χ3n) is 3.84. The largest absolute Gasteiger partial charge is 0.379 e. The Hall–Kier alpha value is -1.62. The first-order valence-electron chi connectivity index (χ1n) is 7.31. The number of nitro groups is 1. The fraction of sp³-hybridized carbons (Fsp3) is 0.600. The number of aryl methyl sites for hydroxylation is 1. The summed E-state index contributed by atoms with van der Waals surface area (Å²) in [6.07, 6.45) is 2.36. The van der Waals surface area contributed by atoms with Crippen LogP contribution in [0.1, 0.15) is 25.3 Å². The fourth-order valence-electron chi connectivity index (χ4n) is 2.80. The second-order valence-corrected chi connectivity index (χ2v) is 5.61. The van der Waals surface area contributed by atoms with E-state index in [0.29, 0.717) is 11.6 Å². The summed E-state index contributed by atoms with van der Waals surface area (Å²) in [5, 5.41) is 14.3. The number of nitrogens with zero attached hydrogens (tertiary/aromatic N) is 2. The Kier molecular flexibility index (Phi) is 4.95. The second kappa shape index (κ2) is 6.70. The predicted octanol–water partition coefficient (Wildman–Crippen LogP) is 3.05. The molecular weight excluding hydrogens is 254 g/mol. The lowest BCUT2D eigenvalue weighted by Gasteiger charge is -2.15. The molecule has 0 spiro atoms. The van der Waals surface area contributed by atoms with Crippen molar-refractivity contribution < 1.29 is 4.92 Å². The van der Waals surface area contributed by atoms with Crippen LogP contribution in [0.4, 0.5) is 11.4 Å². The molecule has 0 aliphatic carbocycles. The molecule has 0 saturated carbocycles. The van der Waals surface area contributed by atoms with E-state index in [1.165, 1.54) is 12.8 Å². The molecule has 1 aliphatic rings. The summed E-state index contributed by atoms with van der Waals surface area (Å²) < 4.78 is 0. The van der Waals surface area contributed by atoms with E-state index in [9.17, 15) is 10.1 Å². The molecule has 0 radical (unpaired) electrons. The molecule has 1 aromatic rings. The van der Waals surface area contributed by atoms with Crippen molar-refractivity contribution in [1.82, 2.24) is 4.90 Å². The highest BCUT2D eigenvalue weighted by atomic mass is 16.6. The molecule has 1 aliphatic heterocycles. The van der Waals surface area contributed by atoms with Gasteiger partial charge < -0.3 is 10.2 Å². The van der Waals surface area contributed by atoms with Gasteiger partial charge in [0.25, 0.3) is 5.69 Å². The van der Waals surface area contributed by atoms with Gasteiger partial charge in [-0.15, -0.1) is 0 Å². The minimum Gasteiger partial charge on any atom is -0.379 e. The highest BCUT2D eigenvalue weighted by molar-refractivity contribution is 5.62. The average Bonchev–Trinajstić information content (AvgIpc) is 2.85. The van der Waals surface area contributed by atoms with Gasteiger partial charge in [0.15, 0.2) is 0 Å². The summed E-state index contributed by atoms with van der Waals surface area (Å²) >= 11 is 0. The van der Waals surface area contributed by atoms with E-state index in [-0.39, 0.29) is 10.6 Å². The van der Waals surface area contributed by atoms with Gasteiger partial charge in [-0.25, -0.2) is 0 Å². The third-order valence-corrected chi connectivity index (χ3v) is 3.84. The molecule has 1 unspecified atom stereocenters. The lowest BCUT2D eigenvalue weighted by atomic mass is 10.1. The quantitative estimate of drug-likeness (QED) is 0.641. The maximum atomic E-state index is 11.1. The van der Waals surface area contributed by atoms with Crippen LogP contribution in [0, 0.1) is 23.0 Å².